The number of carbonyl (C=O) groups excluding carboxylic acids is 4. The molecule has 6 heteroatoms. The third-order valence-electron chi connectivity index (χ3n) is 3.44. The summed E-state index contributed by atoms with van der Waals surface area (Å²) in [5.74, 6) is -1.37. The zero-order valence-electron chi connectivity index (χ0n) is 12.6. The van der Waals surface area contributed by atoms with E-state index >= 15 is 0 Å². The maximum absolute atomic E-state index is 12.0. The molecular weight excluding hydrogens is 260 g/mol. The van der Waals surface area contributed by atoms with Crippen LogP contribution in [0.5, 0.6) is 0 Å². The molecule has 1 rings (SSSR count). The molecule has 0 radical (unpaired) electrons. The maximum Gasteiger partial charge on any atom is 0.240 e. The number of hydrogen-bond acceptors (Lipinski definition) is 4. The van der Waals surface area contributed by atoms with Crippen LogP contribution in [0.1, 0.15) is 41.0 Å². The van der Waals surface area contributed by atoms with Crippen LogP contribution in [-0.4, -0.2) is 41.0 Å². The molecule has 0 bridgehead atoms. The molecule has 0 aliphatic carbocycles. The van der Waals surface area contributed by atoms with Crippen molar-refractivity contribution in [3.05, 3.63) is 0 Å². The number of Topliss-reactive ketones (excluding diaryl/α,β-unsaturated/α-hetero) is 1. The van der Waals surface area contributed by atoms with Gasteiger partial charge >= 0.3 is 0 Å². The molecule has 0 aromatic heterocycles. The zero-order valence-corrected chi connectivity index (χ0v) is 12.6. The number of likely N-dealkylation sites (tertiary alicyclic amines) is 1. The summed E-state index contributed by atoms with van der Waals surface area (Å²) in [5.41, 5.74) is -0.755. The number of carbonyl (C=O) groups is 4. The van der Waals surface area contributed by atoms with E-state index < -0.39 is 17.4 Å². The van der Waals surface area contributed by atoms with Gasteiger partial charge in [-0.1, -0.05) is 27.7 Å². The van der Waals surface area contributed by atoms with Gasteiger partial charge in [0, 0.05) is 6.42 Å². The summed E-state index contributed by atoms with van der Waals surface area (Å²) in [4.78, 5) is 48.0. The Balaban J connectivity index is 2.70. The molecule has 3 amide bonds. The summed E-state index contributed by atoms with van der Waals surface area (Å²) in [7, 11) is 0. The van der Waals surface area contributed by atoms with E-state index in [1.54, 1.807) is 13.8 Å². The van der Waals surface area contributed by atoms with Gasteiger partial charge in [0.2, 0.25) is 17.7 Å². The minimum atomic E-state index is -0.755. The average Bonchev–Trinajstić information content (AvgIpc) is 2.47. The molecule has 1 heterocycles. The summed E-state index contributed by atoms with van der Waals surface area (Å²) < 4.78 is 0. The van der Waals surface area contributed by atoms with Gasteiger partial charge in [0.05, 0.1) is 11.5 Å². The number of rotatable bonds is 5. The lowest BCUT2D eigenvalue weighted by Crippen LogP contribution is -2.48. The fraction of sp³-hybridized carbons (Fsp3) is 0.714. The van der Waals surface area contributed by atoms with Crippen molar-refractivity contribution in [3.8, 4) is 0 Å². The number of nitrogens with one attached hydrogen (secondary N) is 1. The highest BCUT2D eigenvalue weighted by atomic mass is 16.2. The van der Waals surface area contributed by atoms with E-state index in [9.17, 15) is 19.2 Å². The van der Waals surface area contributed by atoms with Gasteiger partial charge in [-0.05, 0) is 12.8 Å². The Kier molecular flexibility index (Phi) is 4.68. The SMILES string of the molecule is CC(=O)C(NC(=O)CN1C(=O)CC(C)(C)C1=O)C(C)C. The molecule has 20 heavy (non-hydrogen) atoms. The van der Waals surface area contributed by atoms with Crippen molar-refractivity contribution in [1.29, 1.82) is 0 Å². The van der Waals surface area contributed by atoms with Crippen molar-refractivity contribution in [2.24, 2.45) is 11.3 Å². The highest BCUT2D eigenvalue weighted by molar-refractivity contribution is 6.07. The molecule has 1 aliphatic heterocycles. The summed E-state index contributed by atoms with van der Waals surface area (Å²) >= 11 is 0. The minimum absolute atomic E-state index is 0.0436. The summed E-state index contributed by atoms with van der Waals surface area (Å²) in [6.45, 7) is 8.08. The molecule has 112 valence electrons. The largest absolute Gasteiger partial charge is 0.344 e. The van der Waals surface area contributed by atoms with Crippen molar-refractivity contribution in [2.75, 3.05) is 6.54 Å². The molecule has 0 saturated carbocycles. The van der Waals surface area contributed by atoms with Crippen molar-refractivity contribution in [3.63, 3.8) is 0 Å². The second-order valence-electron chi connectivity index (χ2n) is 6.25. The Morgan fingerprint density at radius 2 is 1.85 bits per heavy atom. The van der Waals surface area contributed by atoms with Gasteiger partial charge in [0.1, 0.15) is 6.54 Å². The van der Waals surface area contributed by atoms with Gasteiger partial charge < -0.3 is 5.32 Å². The van der Waals surface area contributed by atoms with Crippen LogP contribution in [0.4, 0.5) is 0 Å². The Morgan fingerprint density at radius 1 is 1.30 bits per heavy atom. The van der Waals surface area contributed by atoms with Crippen LogP contribution in [0.25, 0.3) is 0 Å². The van der Waals surface area contributed by atoms with E-state index in [4.69, 9.17) is 0 Å². The molecule has 6 nitrogen and oxygen atoms in total. The standard InChI is InChI=1S/C14H22N2O4/c1-8(2)12(9(3)17)15-10(18)7-16-11(19)6-14(4,5)13(16)20/h8,12H,6-7H2,1-5H3,(H,15,18). The third kappa shape index (κ3) is 3.43. The predicted octanol–water partition coefficient (Wildman–Crippen LogP) is 0.501. The van der Waals surface area contributed by atoms with Crippen LogP contribution in [-0.2, 0) is 19.2 Å². The van der Waals surface area contributed by atoms with Crippen molar-refractivity contribution >= 4 is 23.5 Å². The molecule has 1 aliphatic rings. The van der Waals surface area contributed by atoms with E-state index in [1.807, 2.05) is 13.8 Å². The minimum Gasteiger partial charge on any atom is -0.344 e. The molecular formula is C14H22N2O4. The zero-order chi connectivity index (χ0) is 15.7. The van der Waals surface area contributed by atoms with Crippen LogP contribution in [0.15, 0.2) is 0 Å². The van der Waals surface area contributed by atoms with E-state index in [0.29, 0.717) is 0 Å². The van der Waals surface area contributed by atoms with Gasteiger partial charge in [-0.25, -0.2) is 0 Å². The number of ketones is 1. The number of amides is 3. The number of hydrogen-bond donors (Lipinski definition) is 1. The first-order valence-electron chi connectivity index (χ1n) is 6.71. The molecule has 1 unspecified atom stereocenters. The second-order valence-corrected chi connectivity index (χ2v) is 6.25. The Morgan fingerprint density at radius 3 is 2.20 bits per heavy atom. The highest BCUT2D eigenvalue weighted by Crippen LogP contribution is 2.31. The third-order valence-corrected chi connectivity index (χ3v) is 3.44. The van der Waals surface area contributed by atoms with Crippen LogP contribution in [0.3, 0.4) is 0 Å². The summed E-state index contributed by atoms with van der Waals surface area (Å²) in [6.07, 6.45) is 0.111. The molecule has 0 aromatic carbocycles. The van der Waals surface area contributed by atoms with Crippen LogP contribution >= 0.6 is 0 Å². The van der Waals surface area contributed by atoms with Gasteiger partial charge in [-0.15, -0.1) is 0 Å². The Labute approximate surface area is 118 Å². The Bertz CT molecular complexity index is 454. The lowest BCUT2D eigenvalue weighted by molar-refractivity contribution is -0.144. The van der Waals surface area contributed by atoms with E-state index in [0.717, 1.165) is 4.90 Å². The summed E-state index contributed by atoms with van der Waals surface area (Å²) in [5, 5.41) is 2.58. The van der Waals surface area contributed by atoms with Crippen LogP contribution < -0.4 is 5.32 Å². The molecule has 1 N–H and O–H groups in total. The second kappa shape index (κ2) is 5.73. The lowest BCUT2D eigenvalue weighted by atomic mass is 9.92. The first-order chi connectivity index (χ1) is 9.06. The van der Waals surface area contributed by atoms with Gasteiger partial charge in [0.15, 0.2) is 5.78 Å². The highest BCUT2D eigenvalue weighted by Gasteiger charge is 2.45. The molecule has 1 atom stereocenters. The average molecular weight is 282 g/mol. The predicted molar refractivity (Wildman–Crippen MR) is 72.6 cm³/mol. The summed E-state index contributed by atoms with van der Waals surface area (Å²) in [6, 6.07) is -0.594. The smallest absolute Gasteiger partial charge is 0.240 e. The van der Waals surface area contributed by atoms with Crippen LogP contribution in [0, 0.1) is 11.3 Å². The van der Waals surface area contributed by atoms with Crippen LogP contribution in [0.2, 0.25) is 0 Å². The fourth-order valence-electron chi connectivity index (χ4n) is 2.29. The Hall–Kier alpha value is -1.72. The monoisotopic (exact) mass is 282 g/mol. The molecule has 0 spiro atoms. The van der Waals surface area contributed by atoms with Crippen molar-refractivity contribution in [1.82, 2.24) is 10.2 Å². The van der Waals surface area contributed by atoms with Gasteiger partial charge in [-0.2, -0.15) is 0 Å². The van der Waals surface area contributed by atoms with Crippen molar-refractivity contribution < 1.29 is 19.2 Å². The fourth-order valence-corrected chi connectivity index (χ4v) is 2.29. The molecule has 0 aromatic rings. The number of nitrogens with zero attached hydrogens (tertiary/aromatic N) is 1. The van der Waals surface area contributed by atoms with E-state index in [1.165, 1.54) is 6.92 Å². The van der Waals surface area contributed by atoms with Crippen molar-refractivity contribution in [2.45, 2.75) is 47.1 Å². The van der Waals surface area contributed by atoms with E-state index in [-0.39, 0.29) is 36.5 Å². The maximum atomic E-state index is 12.0. The van der Waals surface area contributed by atoms with E-state index in [2.05, 4.69) is 5.32 Å². The topological polar surface area (TPSA) is 83.6 Å². The molecule has 1 fully saturated rings. The van der Waals surface area contributed by atoms with Gasteiger partial charge in [0.25, 0.3) is 0 Å². The number of imide groups is 1. The normalized spacial score (nSPS) is 19.4. The first kappa shape index (κ1) is 16.3. The molecule has 1 saturated heterocycles. The first-order valence-corrected chi connectivity index (χ1v) is 6.71. The lowest BCUT2D eigenvalue weighted by Gasteiger charge is -2.22. The quantitative estimate of drug-likeness (QED) is 0.744. The van der Waals surface area contributed by atoms with Gasteiger partial charge in [-0.3, -0.25) is 24.1 Å².